The van der Waals surface area contributed by atoms with Crippen LogP contribution in [0.2, 0.25) is 0 Å². The number of alkyl halides is 3. The van der Waals surface area contributed by atoms with E-state index in [4.69, 9.17) is 0 Å². The summed E-state index contributed by atoms with van der Waals surface area (Å²) in [6.45, 7) is 4.51. The van der Waals surface area contributed by atoms with E-state index in [0.717, 1.165) is 59.9 Å². The van der Waals surface area contributed by atoms with Gasteiger partial charge in [0.15, 0.2) is 0 Å². The highest BCUT2D eigenvalue weighted by Crippen LogP contribution is 2.39. The number of nitrogens with one attached hydrogen (secondary N) is 1. The van der Waals surface area contributed by atoms with Gasteiger partial charge in [-0.15, -0.1) is 5.10 Å². The van der Waals surface area contributed by atoms with Crippen LogP contribution in [0.15, 0.2) is 28.2 Å². The van der Waals surface area contributed by atoms with Crippen molar-refractivity contribution in [1.29, 1.82) is 0 Å². The summed E-state index contributed by atoms with van der Waals surface area (Å²) in [4.78, 5) is 14.4. The number of aryl methyl sites for hydroxylation is 3. The maximum Gasteiger partial charge on any atom is 0.417 e. The molecule has 0 spiro atoms. The predicted molar refractivity (Wildman–Crippen MR) is 123 cm³/mol. The number of pyridine rings is 1. The van der Waals surface area contributed by atoms with Gasteiger partial charge in [-0.25, -0.2) is 4.68 Å². The molecule has 0 saturated heterocycles. The summed E-state index contributed by atoms with van der Waals surface area (Å²) in [7, 11) is 1.81. The quantitative estimate of drug-likeness (QED) is 0.285. The molecule has 0 saturated carbocycles. The molecule has 4 aromatic rings. The second-order valence-electron chi connectivity index (χ2n) is 8.14. The highest BCUT2D eigenvalue weighted by molar-refractivity contribution is 7.99. The van der Waals surface area contributed by atoms with Gasteiger partial charge < -0.3 is 9.55 Å². The molecule has 0 atom stereocenters. The highest BCUT2D eigenvalue weighted by Gasteiger charge is 2.34. The number of H-pyrrole nitrogens is 1. The van der Waals surface area contributed by atoms with E-state index in [1.807, 2.05) is 20.9 Å². The summed E-state index contributed by atoms with van der Waals surface area (Å²) in [5, 5.41) is 12.8. The molecule has 33 heavy (non-hydrogen) atoms. The maximum atomic E-state index is 13.8. The molecule has 0 unspecified atom stereocenters. The third-order valence-electron chi connectivity index (χ3n) is 5.99. The van der Waals surface area contributed by atoms with Crippen LogP contribution in [0.4, 0.5) is 13.2 Å². The number of nitrogens with zero attached hydrogens (tertiary/aromatic N) is 5. The standard InChI is InChI=1S/C22H25F3N6OS/c1-13-14(2)31(10-6-4-5-7-11-33-21-27-28-29-30(21)3)17-9-8-16-20(19(13)17)15(22(23,24)25)12-18(32)26-16/h8-9,12H,4-7,10-11H2,1-3H3,(H,26,32). The molecular formula is C22H25F3N6OS. The van der Waals surface area contributed by atoms with Crippen molar-refractivity contribution >= 4 is 33.6 Å². The number of tetrazole rings is 1. The summed E-state index contributed by atoms with van der Waals surface area (Å²) in [6, 6.07) is 4.03. The Bertz CT molecular complexity index is 1350. The molecule has 1 aromatic carbocycles. The molecule has 11 heteroatoms. The van der Waals surface area contributed by atoms with Crippen LogP contribution in [0.5, 0.6) is 0 Å². The van der Waals surface area contributed by atoms with Crippen LogP contribution < -0.4 is 5.56 Å². The third kappa shape index (κ3) is 4.64. The van der Waals surface area contributed by atoms with Gasteiger partial charge >= 0.3 is 6.18 Å². The van der Waals surface area contributed by atoms with Crippen LogP contribution in [0.25, 0.3) is 21.8 Å². The van der Waals surface area contributed by atoms with E-state index in [9.17, 15) is 18.0 Å². The first kappa shape index (κ1) is 23.3. The van der Waals surface area contributed by atoms with Gasteiger partial charge in [0.05, 0.1) is 5.56 Å². The first-order valence-corrected chi connectivity index (χ1v) is 11.7. The van der Waals surface area contributed by atoms with Crippen LogP contribution in [0.3, 0.4) is 0 Å². The van der Waals surface area contributed by atoms with Gasteiger partial charge in [-0.2, -0.15) is 13.2 Å². The lowest BCUT2D eigenvalue weighted by Crippen LogP contribution is -2.14. The summed E-state index contributed by atoms with van der Waals surface area (Å²) in [6.07, 6.45) is -0.574. The van der Waals surface area contributed by atoms with Crippen LogP contribution in [-0.4, -0.2) is 35.5 Å². The first-order chi connectivity index (χ1) is 15.7. The van der Waals surface area contributed by atoms with E-state index in [-0.39, 0.29) is 10.9 Å². The molecule has 4 rings (SSSR count). The number of thioether (sulfide) groups is 1. The summed E-state index contributed by atoms with van der Waals surface area (Å²) in [5.41, 5.74) is 1.09. The summed E-state index contributed by atoms with van der Waals surface area (Å²) < 4.78 is 45.0. The lowest BCUT2D eigenvalue weighted by atomic mass is 10.0. The van der Waals surface area contributed by atoms with Crippen molar-refractivity contribution in [3.63, 3.8) is 0 Å². The Morgan fingerprint density at radius 2 is 1.85 bits per heavy atom. The fourth-order valence-electron chi connectivity index (χ4n) is 4.26. The first-order valence-electron chi connectivity index (χ1n) is 10.8. The lowest BCUT2D eigenvalue weighted by molar-refractivity contribution is -0.136. The molecule has 0 aliphatic heterocycles. The minimum absolute atomic E-state index is 0.0641. The van der Waals surface area contributed by atoms with Gasteiger partial charge in [0, 0.05) is 52.9 Å². The van der Waals surface area contributed by atoms with Crippen molar-refractivity contribution in [2.75, 3.05) is 5.75 Å². The average Bonchev–Trinajstić information content (AvgIpc) is 3.27. The van der Waals surface area contributed by atoms with Crippen molar-refractivity contribution in [2.45, 2.75) is 57.4 Å². The third-order valence-corrected chi connectivity index (χ3v) is 7.09. The Labute approximate surface area is 192 Å². The van der Waals surface area contributed by atoms with Crippen molar-refractivity contribution in [3.05, 3.63) is 45.4 Å². The molecule has 0 aliphatic rings. The van der Waals surface area contributed by atoms with Crippen LogP contribution in [-0.2, 0) is 19.8 Å². The van der Waals surface area contributed by atoms with Crippen molar-refractivity contribution in [1.82, 2.24) is 29.8 Å². The number of fused-ring (bicyclic) bond motifs is 3. The number of benzene rings is 1. The fraction of sp³-hybridized carbons (Fsp3) is 0.455. The van der Waals surface area contributed by atoms with E-state index in [2.05, 4.69) is 25.1 Å². The summed E-state index contributed by atoms with van der Waals surface area (Å²) >= 11 is 1.63. The van der Waals surface area contributed by atoms with Crippen LogP contribution in [0, 0.1) is 13.8 Å². The van der Waals surface area contributed by atoms with Crippen LogP contribution in [0.1, 0.15) is 42.5 Å². The van der Waals surface area contributed by atoms with Crippen LogP contribution >= 0.6 is 11.8 Å². The van der Waals surface area contributed by atoms with Gasteiger partial charge in [-0.3, -0.25) is 4.79 Å². The van der Waals surface area contributed by atoms with Gasteiger partial charge in [-0.1, -0.05) is 24.6 Å². The molecule has 3 heterocycles. The number of aromatic nitrogens is 6. The predicted octanol–water partition coefficient (Wildman–Crippen LogP) is 4.99. The molecule has 0 radical (unpaired) electrons. The monoisotopic (exact) mass is 478 g/mol. The Morgan fingerprint density at radius 1 is 1.09 bits per heavy atom. The molecule has 3 aromatic heterocycles. The average molecular weight is 479 g/mol. The number of hydrogen-bond donors (Lipinski definition) is 1. The lowest BCUT2D eigenvalue weighted by Gasteiger charge is -2.12. The number of halogens is 3. The van der Waals surface area contributed by atoms with Crippen molar-refractivity contribution in [2.24, 2.45) is 7.05 Å². The van der Waals surface area contributed by atoms with Gasteiger partial charge in [0.2, 0.25) is 10.7 Å². The zero-order chi connectivity index (χ0) is 23.8. The number of unbranched alkanes of at least 4 members (excludes halogenated alkanes) is 3. The topological polar surface area (TPSA) is 81.4 Å². The van der Waals surface area contributed by atoms with Gasteiger partial charge in [0.25, 0.3) is 0 Å². The molecule has 0 amide bonds. The molecule has 7 nitrogen and oxygen atoms in total. The van der Waals surface area contributed by atoms with Crippen molar-refractivity contribution < 1.29 is 13.2 Å². The Morgan fingerprint density at radius 3 is 2.55 bits per heavy atom. The van der Waals surface area contributed by atoms with E-state index in [1.165, 1.54) is 0 Å². The molecule has 0 bridgehead atoms. The fourth-order valence-corrected chi connectivity index (χ4v) is 5.11. The van der Waals surface area contributed by atoms with Gasteiger partial charge in [-0.05, 0) is 54.8 Å². The molecule has 1 N–H and O–H groups in total. The summed E-state index contributed by atoms with van der Waals surface area (Å²) in [5.74, 6) is 0.934. The number of hydrogen-bond acceptors (Lipinski definition) is 5. The van der Waals surface area contributed by atoms with Crippen molar-refractivity contribution in [3.8, 4) is 0 Å². The Hall–Kier alpha value is -2.82. The molecule has 0 aliphatic carbocycles. The number of aromatic amines is 1. The zero-order valence-corrected chi connectivity index (χ0v) is 19.5. The van der Waals surface area contributed by atoms with E-state index < -0.39 is 17.3 Å². The minimum Gasteiger partial charge on any atom is -0.345 e. The second kappa shape index (κ2) is 9.20. The van der Waals surface area contributed by atoms with Gasteiger partial charge in [0.1, 0.15) is 0 Å². The number of rotatable bonds is 8. The smallest absolute Gasteiger partial charge is 0.345 e. The largest absolute Gasteiger partial charge is 0.417 e. The minimum atomic E-state index is -4.61. The second-order valence-corrected chi connectivity index (χ2v) is 9.20. The van der Waals surface area contributed by atoms with E-state index >= 15 is 0 Å². The Balaban J connectivity index is 1.51. The zero-order valence-electron chi connectivity index (χ0n) is 18.7. The van der Waals surface area contributed by atoms with E-state index in [0.29, 0.717) is 11.5 Å². The SMILES string of the molecule is Cc1c(C)n(CCCCCCSc2nnnn2C)c2ccc3[nH]c(=O)cc(C(F)(F)F)c3c12. The normalized spacial score (nSPS) is 12.3. The van der Waals surface area contributed by atoms with E-state index in [1.54, 1.807) is 28.6 Å². The highest BCUT2D eigenvalue weighted by atomic mass is 32.2. The molecule has 176 valence electrons. The molecule has 0 fully saturated rings. The molecular weight excluding hydrogens is 453 g/mol. The Kier molecular flexibility index (Phi) is 6.51. The maximum absolute atomic E-state index is 13.8.